The first-order chi connectivity index (χ1) is 6.70. The maximum absolute atomic E-state index is 3.82. The third kappa shape index (κ3) is 11.3. The minimum atomic E-state index is 1.08. The lowest BCUT2D eigenvalue weighted by Crippen LogP contribution is -1.54. The van der Waals surface area contributed by atoms with Crippen molar-refractivity contribution in [2.45, 2.75) is 34.1 Å². The lowest BCUT2D eigenvalue weighted by Gasteiger charge is -1.86. The van der Waals surface area contributed by atoms with Crippen LogP contribution in [0.15, 0.2) is 47.3 Å². The number of thioether (sulfide) groups is 1. The van der Waals surface area contributed by atoms with Gasteiger partial charge in [0.15, 0.2) is 0 Å². The average Bonchev–Trinajstić information content (AvgIpc) is 2.56. The molecule has 1 rings (SSSR count). The van der Waals surface area contributed by atoms with Crippen molar-refractivity contribution >= 4 is 11.8 Å². The van der Waals surface area contributed by atoms with E-state index in [1.54, 1.807) is 17.8 Å². The van der Waals surface area contributed by atoms with E-state index in [2.05, 4.69) is 26.2 Å². The SMILES string of the molecule is C=C/C=C\C.C=C1CC=C(C)S1.CC. The van der Waals surface area contributed by atoms with Crippen molar-refractivity contribution in [3.05, 3.63) is 47.3 Å². The highest BCUT2D eigenvalue weighted by molar-refractivity contribution is 8.06. The summed E-state index contributed by atoms with van der Waals surface area (Å²) in [6, 6.07) is 0. The molecule has 0 aromatic heterocycles. The van der Waals surface area contributed by atoms with Crippen LogP contribution in [0.3, 0.4) is 0 Å². The maximum atomic E-state index is 3.82. The van der Waals surface area contributed by atoms with E-state index in [0.29, 0.717) is 0 Å². The minimum absolute atomic E-state index is 1.08. The van der Waals surface area contributed by atoms with Crippen LogP contribution in [0.1, 0.15) is 34.1 Å². The fourth-order valence-corrected chi connectivity index (χ4v) is 1.49. The van der Waals surface area contributed by atoms with Crippen LogP contribution in [0.5, 0.6) is 0 Å². The summed E-state index contributed by atoms with van der Waals surface area (Å²) in [5, 5.41) is 0. The van der Waals surface area contributed by atoms with Gasteiger partial charge in [-0.15, -0.1) is 0 Å². The molecule has 0 aliphatic carbocycles. The summed E-state index contributed by atoms with van der Waals surface area (Å²) in [6.07, 6.45) is 8.86. The van der Waals surface area contributed by atoms with Gasteiger partial charge in [-0.3, -0.25) is 0 Å². The Morgan fingerprint density at radius 3 is 2.07 bits per heavy atom. The fraction of sp³-hybridized carbons (Fsp3) is 0.385. The predicted molar refractivity (Wildman–Crippen MR) is 71.5 cm³/mol. The molecule has 0 radical (unpaired) electrons. The Bertz CT molecular complexity index is 209. The van der Waals surface area contributed by atoms with Crippen LogP contribution in [0.2, 0.25) is 0 Å². The van der Waals surface area contributed by atoms with E-state index in [1.807, 2.05) is 32.9 Å². The van der Waals surface area contributed by atoms with E-state index in [0.717, 1.165) is 6.42 Å². The van der Waals surface area contributed by atoms with Gasteiger partial charge in [-0.1, -0.05) is 63.1 Å². The molecule has 0 spiro atoms. The molecular weight excluding hydrogens is 188 g/mol. The summed E-state index contributed by atoms with van der Waals surface area (Å²) in [5.41, 5.74) is 0. The third-order valence-corrected chi connectivity index (χ3v) is 2.20. The second-order valence-electron chi connectivity index (χ2n) is 2.42. The number of allylic oxidation sites excluding steroid dienone is 6. The van der Waals surface area contributed by atoms with E-state index >= 15 is 0 Å². The highest BCUT2D eigenvalue weighted by atomic mass is 32.2. The van der Waals surface area contributed by atoms with E-state index in [-0.39, 0.29) is 0 Å². The molecule has 80 valence electrons. The number of hydrogen-bond donors (Lipinski definition) is 0. The smallest absolute Gasteiger partial charge is 0.00288 e. The summed E-state index contributed by atoms with van der Waals surface area (Å²) in [7, 11) is 0. The summed E-state index contributed by atoms with van der Waals surface area (Å²) in [4.78, 5) is 2.67. The van der Waals surface area contributed by atoms with Gasteiger partial charge >= 0.3 is 0 Å². The van der Waals surface area contributed by atoms with Crippen LogP contribution in [-0.4, -0.2) is 0 Å². The van der Waals surface area contributed by atoms with Crippen LogP contribution in [0.25, 0.3) is 0 Å². The van der Waals surface area contributed by atoms with Crippen molar-refractivity contribution in [2.24, 2.45) is 0 Å². The lowest BCUT2D eigenvalue weighted by atomic mass is 10.4. The Morgan fingerprint density at radius 2 is 2.00 bits per heavy atom. The molecule has 0 aromatic carbocycles. The second kappa shape index (κ2) is 12.3. The first-order valence-electron chi connectivity index (χ1n) is 4.96. The van der Waals surface area contributed by atoms with E-state index in [9.17, 15) is 0 Å². The Kier molecular flexibility index (Phi) is 13.9. The standard InChI is InChI=1S/C6H8S.C5H8.C2H6/c1-5-3-4-6(2)7-5;1-3-5-4-2;1-2/h4H,1,3H2,2H3;3-5H,1H2,2H3;1-2H3/b;5-4-;. The fourth-order valence-electron chi connectivity index (χ4n) is 0.705. The molecule has 0 unspecified atom stereocenters. The number of hydrogen-bond acceptors (Lipinski definition) is 1. The van der Waals surface area contributed by atoms with Crippen LogP contribution < -0.4 is 0 Å². The summed E-state index contributed by atoms with van der Waals surface area (Å²) in [6.45, 7) is 15.4. The molecule has 0 saturated heterocycles. The first kappa shape index (κ1) is 15.8. The van der Waals surface area contributed by atoms with E-state index in [4.69, 9.17) is 0 Å². The monoisotopic (exact) mass is 210 g/mol. The molecule has 14 heavy (non-hydrogen) atoms. The van der Waals surface area contributed by atoms with Gasteiger partial charge in [-0.2, -0.15) is 0 Å². The lowest BCUT2D eigenvalue weighted by molar-refractivity contribution is 1.39. The van der Waals surface area contributed by atoms with Gasteiger partial charge in [0.1, 0.15) is 0 Å². The van der Waals surface area contributed by atoms with Gasteiger partial charge in [0, 0.05) is 0 Å². The molecule has 0 N–H and O–H groups in total. The molecular formula is C13H22S. The Labute approximate surface area is 93.5 Å². The summed E-state index contributed by atoms with van der Waals surface area (Å²) >= 11 is 1.79. The summed E-state index contributed by atoms with van der Waals surface area (Å²) in [5.74, 6) is 0. The van der Waals surface area contributed by atoms with Crippen molar-refractivity contribution in [2.75, 3.05) is 0 Å². The van der Waals surface area contributed by atoms with Crippen molar-refractivity contribution in [3.63, 3.8) is 0 Å². The van der Waals surface area contributed by atoms with Crippen LogP contribution >= 0.6 is 11.8 Å². The van der Waals surface area contributed by atoms with Crippen molar-refractivity contribution in [1.82, 2.24) is 0 Å². The molecule has 0 bridgehead atoms. The molecule has 0 fully saturated rings. The van der Waals surface area contributed by atoms with Gasteiger partial charge in [-0.05, 0) is 30.1 Å². The Balaban J connectivity index is 0. The molecule has 0 aromatic rings. The molecule has 1 heteroatoms. The quantitative estimate of drug-likeness (QED) is 0.528. The first-order valence-corrected chi connectivity index (χ1v) is 5.78. The molecule has 0 saturated carbocycles. The highest BCUT2D eigenvalue weighted by Gasteiger charge is 2.01. The zero-order valence-corrected chi connectivity index (χ0v) is 10.7. The van der Waals surface area contributed by atoms with Gasteiger partial charge < -0.3 is 0 Å². The largest absolute Gasteiger partial charge is 0.0999 e. The van der Waals surface area contributed by atoms with Gasteiger partial charge in [-0.25, -0.2) is 0 Å². The second-order valence-corrected chi connectivity index (χ2v) is 3.85. The molecule has 0 nitrogen and oxygen atoms in total. The van der Waals surface area contributed by atoms with Crippen LogP contribution in [0.4, 0.5) is 0 Å². The molecule has 0 amide bonds. The average molecular weight is 210 g/mol. The third-order valence-electron chi connectivity index (χ3n) is 1.25. The zero-order valence-electron chi connectivity index (χ0n) is 9.84. The maximum Gasteiger partial charge on any atom is -0.00288 e. The van der Waals surface area contributed by atoms with E-state index < -0.39 is 0 Å². The van der Waals surface area contributed by atoms with Crippen LogP contribution in [0, 0.1) is 0 Å². The van der Waals surface area contributed by atoms with Crippen LogP contribution in [-0.2, 0) is 0 Å². The Morgan fingerprint density at radius 1 is 1.43 bits per heavy atom. The topological polar surface area (TPSA) is 0 Å². The normalized spacial score (nSPS) is 13.7. The van der Waals surface area contributed by atoms with Crippen molar-refractivity contribution in [1.29, 1.82) is 0 Å². The van der Waals surface area contributed by atoms with Gasteiger partial charge in [0.25, 0.3) is 0 Å². The van der Waals surface area contributed by atoms with Crippen molar-refractivity contribution in [3.8, 4) is 0 Å². The van der Waals surface area contributed by atoms with Gasteiger partial charge in [0.2, 0.25) is 0 Å². The molecule has 1 aliphatic rings. The highest BCUT2D eigenvalue weighted by Crippen LogP contribution is 2.33. The molecule has 0 atom stereocenters. The summed E-state index contributed by atoms with van der Waals surface area (Å²) < 4.78 is 0. The minimum Gasteiger partial charge on any atom is -0.0999 e. The van der Waals surface area contributed by atoms with Crippen molar-refractivity contribution < 1.29 is 0 Å². The number of rotatable bonds is 1. The zero-order chi connectivity index (χ0) is 11.4. The van der Waals surface area contributed by atoms with Gasteiger partial charge in [0.05, 0.1) is 0 Å². The molecule has 1 aliphatic heterocycles. The Hall–Kier alpha value is -0.690. The molecule has 1 heterocycles. The van der Waals surface area contributed by atoms with E-state index in [1.165, 1.54) is 9.81 Å². The predicted octanol–water partition coefficient (Wildman–Crippen LogP) is 5.32.